The fraction of sp³-hybridized carbons (Fsp3) is 0.909. The van der Waals surface area contributed by atoms with Crippen molar-refractivity contribution in [2.45, 2.75) is 32.1 Å². The van der Waals surface area contributed by atoms with Gasteiger partial charge >= 0.3 is 5.97 Å². The molecule has 0 radical (unpaired) electrons. The minimum Gasteiger partial charge on any atom is -0.481 e. The normalized spacial score (nSPS) is 52.5. The Morgan fingerprint density at radius 1 is 1.08 bits per heavy atom. The fourth-order valence-corrected chi connectivity index (χ4v) is 4.36. The van der Waals surface area contributed by atoms with Crippen LogP contribution in [0.2, 0.25) is 0 Å². The first kappa shape index (κ1) is 7.84. The topological polar surface area (TPSA) is 37.3 Å². The van der Waals surface area contributed by atoms with Crippen LogP contribution in [0.25, 0.3) is 0 Å². The van der Waals surface area contributed by atoms with Gasteiger partial charge < -0.3 is 5.11 Å². The van der Waals surface area contributed by atoms with Crippen LogP contribution in [0, 0.1) is 29.6 Å². The van der Waals surface area contributed by atoms with Crippen molar-refractivity contribution in [3.8, 4) is 0 Å². The molecule has 0 amide bonds. The number of hydrogen-bond acceptors (Lipinski definition) is 1. The molecule has 2 bridgehead atoms. The van der Waals surface area contributed by atoms with Crippen molar-refractivity contribution in [1.82, 2.24) is 0 Å². The summed E-state index contributed by atoms with van der Waals surface area (Å²) in [5.41, 5.74) is 0. The van der Waals surface area contributed by atoms with E-state index in [-0.39, 0.29) is 5.92 Å². The van der Waals surface area contributed by atoms with E-state index in [0.717, 1.165) is 24.2 Å². The Hall–Kier alpha value is -0.530. The summed E-state index contributed by atoms with van der Waals surface area (Å²) in [4.78, 5) is 11.0. The largest absolute Gasteiger partial charge is 0.481 e. The van der Waals surface area contributed by atoms with Crippen molar-refractivity contribution in [3.63, 3.8) is 0 Å². The summed E-state index contributed by atoms with van der Waals surface area (Å²) in [6.07, 6.45) is 6.20. The van der Waals surface area contributed by atoms with Crippen LogP contribution in [-0.4, -0.2) is 11.1 Å². The lowest BCUT2D eigenvalue weighted by atomic mass is 9.78. The van der Waals surface area contributed by atoms with Gasteiger partial charge in [0.15, 0.2) is 0 Å². The molecular weight excluding hydrogens is 164 g/mol. The SMILES string of the molecule is O=C(O)C1CCC2C3CCC(C3)C12. The van der Waals surface area contributed by atoms with Crippen molar-refractivity contribution in [3.05, 3.63) is 0 Å². The highest BCUT2D eigenvalue weighted by atomic mass is 16.4. The smallest absolute Gasteiger partial charge is 0.306 e. The molecule has 2 nitrogen and oxygen atoms in total. The number of aliphatic carboxylic acids is 1. The number of hydrogen-bond donors (Lipinski definition) is 1. The number of rotatable bonds is 1. The molecule has 3 aliphatic carbocycles. The molecule has 0 aromatic heterocycles. The van der Waals surface area contributed by atoms with Crippen molar-refractivity contribution >= 4 is 5.97 Å². The van der Waals surface area contributed by atoms with Crippen LogP contribution in [-0.2, 0) is 4.79 Å². The second kappa shape index (κ2) is 2.49. The first-order valence-electron chi connectivity index (χ1n) is 5.50. The van der Waals surface area contributed by atoms with Crippen LogP contribution in [0.4, 0.5) is 0 Å². The second-order valence-electron chi connectivity index (χ2n) is 5.10. The van der Waals surface area contributed by atoms with Gasteiger partial charge in [-0.3, -0.25) is 4.79 Å². The molecular formula is C11H16O2. The predicted molar refractivity (Wildman–Crippen MR) is 48.2 cm³/mol. The summed E-state index contributed by atoms with van der Waals surface area (Å²) in [5, 5.41) is 9.09. The van der Waals surface area contributed by atoms with Gasteiger partial charge in [-0.15, -0.1) is 0 Å². The van der Waals surface area contributed by atoms with Crippen LogP contribution in [0.15, 0.2) is 0 Å². The minimum atomic E-state index is -0.528. The van der Waals surface area contributed by atoms with Gasteiger partial charge in [-0.2, -0.15) is 0 Å². The molecule has 3 saturated carbocycles. The summed E-state index contributed by atoms with van der Waals surface area (Å²) < 4.78 is 0. The van der Waals surface area contributed by atoms with Crippen LogP contribution in [0.3, 0.4) is 0 Å². The van der Waals surface area contributed by atoms with E-state index in [1.165, 1.54) is 25.7 Å². The van der Waals surface area contributed by atoms with Crippen LogP contribution in [0.1, 0.15) is 32.1 Å². The molecule has 0 spiro atoms. The van der Waals surface area contributed by atoms with E-state index in [2.05, 4.69) is 0 Å². The van der Waals surface area contributed by atoms with Crippen LogP contribution in [0.5, 0.6) is 0 Å². The van der Waals surface area contributed by atoms with E-state index in [1.54, 1.807) is 0 Å². The number of carboxylic acid groups (broad SMARTS) is 1. The molecule has 2 heteroatoms. The Kier molecular flexibility index (Phi) is 1.50. The van der Waals surface area contributed by atoms with Crippen LogP contribution >= 0.6 is 0 Å². The van der Waals surface area contributed by atoms with Crippen molar-refractivity contribution in [2.24, 2.45) is 29.6 Å². The molecule has 3 fully saturated rings. The zero-order chi connectivity index (χ0) is 9.00. The lowest BCUT2D eigenvalue weighted by Gasteiger charge is -2.26. The van der Waals surface area contributed by atoms with Gasteiger partial charge in [-0.05, 0) is 55.8 Å². The Morgan fingerprint density at radius 3 is 2.62 bits per heavy atom. The van der Waals surface area contributed by atoms with Crippen LogP contribution < -0.4 is 0 Å². The fourth-order valence-electron chi connectivity index (χ4n) is 4.36. The average molecular weight is 180 g/mol. The van der Waals surface area contributed by atoms with Gasteiger partial charge in [0.05, 0.1) is 5.92 Å². The first-order chi connectivity index (χ1) is 6.27. The quantitative estimate of drug-likeness (QED) is 0.671. The summed E-state index contributed by atoms with van der Waals surface area (Å²) in [6, 6.07) is 0. The maximum absolute atomic E-state index is 11.0. The highest BCUT2D eigenvalue weighted by molar-refractivity contribution is 5.71. The molecule has 0 aromatic carbocycles. The monoisotopic (exact) mass is 180 g/mol. The second-order valence-corrected chi connectivity index (χ2v) is 5.10. The van der Waals surface area contributed by atoms with Gasteiger partial charge in [0.1, 0.15) is 0 Å². The maximum atomic E-state index is 11.0. The average Bonchev–Trinajstić information content (AvgIpc) is 2.76. The number of carboxylic acids is 1. The molecule has 13 heavy (non-hydrogen) atoms. The lowest BCUT2D eigenvalue weighted by Crippen LogP contribution is -2.26. The molecule has 3 rings (SSSR count). The zero-order valence-electron chi connectivity index (χ0n) is 7.78. The van der Waals surface area contributed by atoms with Gasteiger partial charge in [0, 0.05) is 0 Å². The van der Waals surface area contributed by atoms with Gasteiger partial charge in [0.2, 0.25) is 0 Å². The Labute approximate surface area is 78.3 Å². The van der Waals surface area contributed by atoms with Gasteiger partial charge in [-0.25, -0.2) is 0 Å². The molecule has 0 heterocycles. The number of fused-ring (bicyclic) bond motifs is 5. The third kappa shape index (κ3) is 0.918. The van der Waals surface area contributed by atoms with Gasteiger partial charge in [-0.1, -0.05) is 0 Å². The van der Waals surface area contributed by atoms with E-state index in [0.29, 0.717) is 5.92 Å². The molecule has 0 saturated heterocycles. The summed E-state index contributed by atoms with van der Waals surface area (Å²) in [7, 11) is 0. The molecule has 5 unspecified atom stereocenters. The van der Waals surface area contributed by atoms with Crippen molar-refractivity contribution in [1.29, 1.82) is 0 Å². The summed E-state index contributed by atoms with van der Waals surface area (Å²) in [5.74, 6) is 2.52. The van der Waals surface area contributed by atoms with E-state index in [9.17, 15) is 4.79 Å². The predicted octanol–water partition coefficient (Wildman–Crippen LogP) is 2.14. The van der Waals surface area contributed by atoms with E-state index < -0.39 is 5.97 Å². The maximum Gasteiger partial charge on any atom is 0.306 e. The van der Waals surface area contributed by atoms with E-state index in [1.807, 2.05) is 0 Å². The highest BCUT2D eigenvalue weighted by Gasteiger charge is 2.55. The third-order valence-electron chi connectivity index (χ3n) is 4.75. The van der Waals surface area contributed by atoms with Crippen molar-refractivity contribution < 1.29 is 9.90 Å². The third-order valence-corrected chi connectivity index (χ3v) is 4.75. The number of carbonyl (C=O) groups is 1. The zero-order valence-corrected chi connectivity index (χ0v) is 7.78. The molecule has 72 valence electrons. The van der Waals surface area contributed by atoms with Gasteiger partial charge in [0.25, 0.3) is 0 Å². The minimum absolute atomic E-state index is 0.0142. The first-order valence-corrected chi connectivity index (χ1v) is 5.50. The summed E-state index contributed by atoms with van der Waals surface area (Å²) in [6.45, 7) is 0. The Morgan fingerprint density at radius 2 is 1.85 bits per heavy atom. The van der Waals surface area contributed by atoms with E-state index in [4.69, 9.17) is 5.11 Å². The molecule has 3 aliphatic rings. The summed E-state index contributed by atoms with van der Waals surface area (Å²) >= 11 is 0. The Bertz CT molecular complexity index is 248. The molecule has 5 atom stereocenters. The molecule has 0 aromatic rings. The van der Waals surface area contributed by atoms with Crippen molar-refractivity contribution in [2.75, 3.05) is 0 Å². The van der Waals surface area contributed by atoms with E-state index >= 15 is 0 Å². The molecule has 0 aliphatic heterocycles. The molecule has 1 N–H and O–H groups in total. The Balaban J connectivity index is 1.87. The standard InChI is InChI=1S/C11H16O2/c12-11(13)9-4-3-8-6-1-2-7(5-6)10(8)9/h6-10H,1-5H2,(H,12,13). The highest BCUT2D eigenvalue weighted by Crippen LogP contribution is 2.60. The lowest BCUT2D eigenvalue weighted by molar-refractivity contribution is -0.143.